The molecule has 1 fully saturated rings. The third-order valence-corrected chi connectivity index (χ3v) is 6.04. The molecule has 1 amide bonds. The molecule has 0 radical (unpaired) electrons. The molecule has 0 unspecified atom stereocenters. The van der Waals surface area contributed by atoms with Crippen LogP contribution in [0.15, 0.2) is 75.6 Å². The van der Waals surface area contributed by atoms with Crippen LogP contribution in [-0.4, -0.2) is 54.0 Å². The third kappa shape index (κ3) is 4.38. The number of ether oxygens (including phenoxy) is 1. The lowest BCUT2D eigenvalue weighted by Gasteiger charge is -2.31. The number of morpholine rings is 1. The molecule has 34 heavy (non-hydrogen) atoms. The Morgan fingerprint density at radius 3 is 2.74 bits per heavy atom. The molecule has 0 atom stereocenters. The summed E-state index contributed by atoms with van der Waals surface area (Å²) in [5.74, 6) is -0.265. The van der Waals surface area contributed by atoms with Gasteiger partial charge in [0.2, 0.25) is 0 Å². The van der Waals surface area contributed by atoms with E-state index in [0.717, 1.165) is 59.6 Å². The van der Waals surface area contributed by atoms with Crippen molar-refractivity contribution in [3.63, 3.8) is 0 Å². The smallest absolute Gasteiger partial charge is 0.276 e. The van der Waals surface area contributed by atoms with Crippen molar-refractivity contribution < 1.29 is 14.5 Å². The van der Waals surface area contributed by atoms with Crippen LogP contribution >= 0.6 is 0 Å². The van der Waals surface area contributed by atoms with Gasteiger partial charge in [-0.25, -0.2) is 0 Å². The predicted octanol–water partition coefficient (Wildman–Crippen LogP) is 3.79. The number of para-hydroxylation sites is 1. The number of carbonyl (C=O) groups is 1. The van der Waals surface area contributed by atoms with E-state index >= 15 is 0 Å². The number of rotatable bonds is 5. The lowest BCUT2D eigenvalue weighted by Crippen LogP contribution is -2.36. The molecular weight excluding hydrogens is 434 g/mol. The maximum Gasteiger partial charge on any atom is 0.276 e. The quantitative estimate of drug-likeness (QED) is 0.417. The van der Waals surface area contributed by atoms with Crippen LogP contribution in [0.2, 0.25) is 0 Å². The Balaban J connectivity index is 1.48. The summed E-state index contributed by atoms with van der Waals surface area (Å²) < 4.78 is 5.53. The summed E-state index contributed by atoms with van der Waals surface area (Å²) in [5, 5.41) is 22.5. The van der Waals surface area contributed by atoms with Crippen LogP contribution in [-0.2, 0) is 9.53 Å². The van der Waals surface area contributed by atoms with Crippen molar-refractivity contribution >= 4 is 35.3 Å². The number of nitrogens with zero attached hydrogens (tertiary/aromatic N) is 4. The SMILES string of the molecule is O=C1Nc2ccccc2/C1=N/N=C\C1=C(N2CCOCC2)C(=C/c2cccc([N+](=O)[O-])c2)/CC1. The maximum atomic E-state index is 12.3. The van der Waals surface area contributed by atoms with Crippen molar-refractivity contribution in [3.8, 4) is 0 Å². The summed E-state index contributed by atoms with van der Waals surface area (Å²) in [5.41, 5.74) is 5.81. The number of non-ortho nitro benzene ring substituents is 1. The van der Waals surface area contributed by atoms with Crippen molar-refractivity contribution in [2.24, 2.45) is 10.2 Å². The fourth-order valence-corrected chi connectivity index (χ4v) is 4.46. The first kappa shape index (κ1) is 21.7. The van der Waals surface area contributed by atoms with E-state index < -0.39 is 0 Å². The lowest BCUT2D eigenvalue weighted by molar-refractivity contribution is -0.384. The average Bonchev–Trinajstić information content (AvgIpc) is 3.40. The van der Waals surface area contributed by atoms with Crippen LogP contribution in [0.25, 0.3) is 6.08 Å². The number of benzene rings is 2. The zero-order valence-electron chi connectivity index (χ0n) is 18.4. The normalized spacial score (nSPS) is 20.5. The zero-order valence-corrected chi connectivity index (χ0v) is 18.4. The Bertz CT molecular complexity index is 1270. The fraction of sp³-hybridized carbons (Fsp3) is 0.240. The highest BCUT2D eigenvalue weighted by atomic mass is 16.6. The molecule has 9 nitrogen and oxygen atoms in total. The molecule has 1 N–H and O–H groups in total. The van der Waals surface area contributed by atoms with E-state index in [1.54, 1.807) is 18.3 Å². The Hall–Kier alpha value is -4.11. The number of carbonyl (C=O) groups excluding carboxylic acids is 1. The molecule has 2 heterocycles. The van der Waals surface area contributed by atoms with Crippen LogP contribution in [0, 0.1) is 10.1 Å². The van der Waals surface area contributed by atoms with Crippen molar-refractivity contribution in [2.45, 2.75) is 12.8 Å². The minimum atomic E-state index is -0.385. The second-order valence-corrected chi connectivity index (χ2v) is 8.19. The summed E-state index contributed by atoms with van der Waals surface area (Å²) in [6.07, 6.45) is 5.28. The molecule has 0 spiro atoms. The topological polar surface area (TPSA) is 109 Å². The number of nitro groups is 1. The molecular formula is C25H23N5O4. The highest BCUT2D eigenvalue weighted by Crippen LogP contribution is 2.35. The van der Waals surface area contributed by atoms with Gasteiger partial charge < -0.3 is 15.0 Å². The fourth-order valence-electron chi connectivity index (χ4n) is 4.46. The van der Waals surface area contributed by atoms with Crippen molar-refractivity contribution in [2.75, 3.05) is 31.6 Å². The second kappa shape index (κ2) is 9.40. The summed E-state index contributed by atoms with van der Waals surface area (Å²) in [4.78, 5) is 25.4. The van der Waals surface area contributed by atoms with Gasteiger partial charge in [0.15, 0.2) is 5.71 Å². The van der Waals surface area contributed by atoms with E-state index in [1.165, 1.54) is 6.07 Å². The number of nitrogens with one attached hydrogen (secondary N) is 1. The van der Waals surface area contributed by atoms with Crippen molar-refractivity contribution in [3.05, 3.63) is 86.6 Å². The lowest BCUT2D eigenvalue weighted by atomic mass is 10.1. The number of allylic oxidation sites excluding steroid dienone is 2. The minimum Gasteiger partial charge on any atom is -0.378 e. The molecule has 5 rings (SSSR count). The van der Waals surface area contributed by atoms with Crippen LogP contribution < -0.4 is 5.32 Å². The molecule has 2 aromatic carbocycles. The predicted molar refractivity (Wildman–Crippen MR) is 130 cm³/mol. The molecule has 0 bridgehead atoms. The molecule has 2 aromatic rings. The Morgan fingerprint density at radius 2 is 1.91 bits per heavy atom. The van der Waals surface area contributed by atoms with E-state index in [9.17, 15) is 14.9 Å². The second-order valence-electron chi connectivity index (χ2n) is 8.19. The molecule has 172 valence electrons. The molecule has 1 saturated heterocycles. The van der Waals surface area contributed by atoms with Crippen LogP contribution in [0.3, 0.4) is 0 Å². The van der Waals surface area contributed by atoms with Gasteiger partial charge in [-0.15, -0.1) is 5.10 Å². The summed E-state index contributed by atoms with van der Waals surface area (Å²) in [6, 6.07) is 14.0. The monoisotopic (exact) mass is 457 g/mol. The number of hydrogen-bond donors (Lipinski definition) is 1. The number of anilines is 1. The van der Waals surface area contributed by atoms with Gasteiger partial charge in [-0.3, -0.25) is 14.9 Å². The minimum absolute atomic E-state index is 0.0666. The Kier molecular flexibility index (Phi) is 6.01. The highest BCUT2D eigenvalue weighted by molar-refractivity contribution is 6.53. The van der Waals surface area contributed by atoms with Crippen molar-refractivity contribution in [1.82, 2.24) is 4.90 Å². The molecule has 0 saturated carbocycles. The average molecular weight is 457 g/mol. The summed E-state index contributed by atoms with van der Waals surface area (Å²) >= 11 is 0. The van der Waals surface area contributed by atoms with Gasteiger partial charge in [-0.2, -0.15) is 5.10 Å². The third-order valence-electron chi connectivity index (χ3n) is 6.04. The van der Waals surface area contributed by atoms with E-state index in [2.05, 4.69) is 20.4 Å². The van der Waals surface area contributed by atoms with Crippen molar-refractivity contribution in [1.29, 1.82) is 0 Å². The number of amides is 1. The van der Waals surface area contributed by atoms with Crippen LogP contribution in [0.4, 0.5) is 11.4 Å². The summed E-state index contributed by atoms with van der Waals surface area (Å²) in [6.45, 7) is 2.78. The van der Waals surface area contributed by atoms with Gasteiger partial charge in [0.1, 0.15) is 0 Å². The maximum absolute atomic E-state index is 12.3. The van der Waals surface area contributed by atoms with Crippen LogP contribution in [0.5, 0.6) is 0 Å². The highest BCUT2D eigenvalue weighted by Gasteiger charge is 2.27. The van der Waals surface area contributed by atoms with E-state index in [1.807, 2.05) is 36.4 Å². The van der Waals surface area contributed by atoms with E-state index in [-0.39, 0.29) is 16.5 Å². The van der Waals surface area contributed by atoms with Gasteiger partial charge in [0, 0.05) is 36.5 Å². The first-order valence-corrected chi connectivity index (χ1v) is 11.1. The number of fused-ring (bicyclic) bond motifs is 1. The largest absolute Gasteiger partial charge is 0.378 e. The number of nitro benzene ring substituents is 1. The molecule has 9 heteroatoms. The summed E-state index contributed by atoms with van der Waals surface area (Å²) in [7, 11) is 0. The first-order chi connectivity index (χ1) is 16.6. The van der Waals surface area contributed by atoms with Gasteiger partial charge >= 0.3 is 0 Å². The standard InChI is InChI=1S/C25H23N5O4/c31-25-23(21-6-1-2-7-22(21)27-25)28-26-16-19-9-8-18(24(19)29-10-12-34-13-11-29)14-17-4-3-5-20(15-17)30(32)33/h1-7,14-16H,8-13H2,(H,27,28,31)/b18-14+,26-16-. The molecule has 1 aliphatic carbocycles. The van der Waals surface area contributed by atoms with E-state index in [0.29, 0.717) is 18.9 Å². The molecule has 2 aliphatic heterocycles. The van der Waals surface area contributed by atoms with Gasteiger partial charge in [-0.05, 0) is 41.7 Å². The van der Waals surface area contributed by atoms with Crippen LogP contribution in [0.1, 0.15) is 24.0 Å². The molecule has 0 aromatic heterocycles. The van der Waals surface area contributed by atoms with Gasteiger partial charge in [0.25, 0.3) is 11.6 Å². The first-order valence-electron chi connectivity index (χ1n) is 11.1. The Labute approximate surface area is 196 Å². The molecule has 3 aliphatic rings. The Morgan fingerprint density at radius 1 is 1.09 bits per heavy atom. The zero-order chi connectivity index (χ0) is 23.5. The number of hydrogen-bond acceptors (Lipinski definition) is 7. The van der Waals surface area contributed by atoms with E-state index in [4.69, 9.17) is 4.74 Å². The van der Waals surface area contributed by atoms with Gasteiger partial charge in [-0.1, -0.05) is 30.3 Å². The van der Waals surface area contributed by atoms with Gasteiger partial charge in [0.05, 0.1) is 30.0 Å².